The molecule has 0 aliphatic rings. The Morgan fingerprint density at radius 2 is 1.71 bits per heavy atom. The Labute approximate surface area is 166 Å². The Hall–Kier alpha value is -2.45. The zero-order valence-electron chi connectivity index (χ0n) is 16.8. The molecule has 8 heteroatoms. The molecular weight excluding hydrogens is 360 g/mol. The third-order valence-electron chi connectivity index (χ3n) is 4.60. The highest BCUT2D eigenvalue weighted by molar-refractivity contribution is 6.03. The van der Waals surface area contributed by atoms with Crippen LogP contribution in [0.3, 0.4) is 0 Å². The molecule has 156 valence electrons. The van der Waals surface area contributed by atoms with E-state index in [9.17, 15) is 19.5 Å². The Morgan fingerprint density at radius 3 is 2.21 bits per heavy atom. The lowest BCUT2D eigenvalue weighted by atomic mass is 10.0. The molecule has 0 spiro atoms. The molecule has 0 unspecified atom stereocenters. The lowest BCUT2D eigenvalue weighted by Crippen LogP contribution is -2.56. The predicted molar refractivity (Wildman–Crippen MR) is 109 cm³/mol. The molecule has 1 aromatic carbocycles. The van der Waals surface area contributed by atoms with Gasteiger partial charge in [-0.3, -0.25) is 14.5 Å². The standard InChI is InChI=1S/C20H32N4O4/c1-13(2)17(22)19(26)24(15-9-5-4-6-10-15)14(3)18(25)23-16(20(27)28)11-7-8-12-21/h4-6,9-10,13-14,16-17H,7-8,11-12,21-22H2,1-3H3,(H,23,25)(H,27,28)/t14-,16-,17-/m0/s1. The maximum Gasteiger partial charge on any atom is 0.326 e. The first-order chi connectivity index (χ1) is 13.2. The van der Waals surface area contributed by atoms with Gasteiger partial charge in [0, 0.05) is 5.69 Å². The second kappa shape index (κ2) is 11.4. The number of benzene rings is 1. The van der Waals surface area contributed by atoms with Crippen LogP contribution in [-0.4, -0.2) is 47.6 Å². The summed E-state index contributed by atoms with van der Waals surface area (Å²) in [6, 6.07) is 6.01. The van der Waals surface area contributed by atoms with Gasteiger partial charge in [-0.25, -0.2) is 4.79 Å². The van der Waals surface area contributed by atoms with Crippen LogP contribution in [-0.2, 0) is 14.4 Å². The summed E-state index contributed by atoms with van der Waals surface area (Å²) < 4.78 is 0. The van der Waals surface area contributed by atoms with Gasteiger partial charge in [0.15, 0.2) is 0 Å². The van der Waals surface area contributed by atoms with Crippen molar-refractivity contribution in [2.45, 2.75) is 58.2 Å². The van der Waals surface area contributed by atoms with Crippen LogP contribution in [0.25, 0.3) is 0 Å². The number of nitrogens with two attached hydrogens (primary N) is 2. The van der Waals surface area contributed by atoms with E-state index in [0.717, 1.165) is 0 Å². The first-order valence-corrected chi connectivity index (χ1v) is 9.57. The molecule has 0 aliphatic heterocycles. The van der Waals surface area contributed by atoms with E-state index in [-0.39, 0.29) is 18.2 Å². The number of anilines is 1. The largest absolute Gasteiger partial charge is 0.480 e. The number of para-hydroxylation sites is 1. The van der Waals surface area contributed by atoms with E-state index in [1.807, 2.05) is 13.8 Å². The van der Waals surface area contributed by atoms with Crippen molar-refractivity contribution in [1.82, 2.24) is 5.32 Å². The van der Waals surface area contributed by atoms with E-state index in [2.05, 4.69) is 5.32 Å². The van der Waals surface area contributed by atoms with Crippen molar-refractivity contribution >= 4 is 23.5 Å². The van der Waals surface area contributed by atoms with Crippen LogP contribution >= 0.6 is 0 Å². The van der Waals surface area contributed by atoms with Crippen LogP contribution in [0, 0.1) is 5.92 Å². The average molecular weight is 393 g/mol. The lowest BCUT2D eigenvalue weighted by Gasteiger charge is -2.32. The Balaban J connectivity index is 3.04. The van der Waals surface area contributed by atoms with Crippen molar-refractivity contribution in [1.29, 1.82) is 0 Å². The van der Waals surface area contributed by atoms with Crippen LogP contribution in [0.4, 0.5) is 5.69 Å². The molecule has 2 amide bonds. The van der Waals surface area contributed by atoms with Gasteiger partial charge in [-0.15, -0.1) is 0 Å². The van der Waals surface area contributed by atoms with E-state index in [1.165, 1.54) is 4.90 Å². The number of amides is 2. The van der Waals surface area contributed by atoms with E-state index in [1.54, 1.807) is 37.3 Å². The van der Waals surface area contributed by atoms with Gasteiger partial charge in [-0.05, 0) is 50.8 Å². The highest BCUT2D eigenvalue weighted by Gasteiger charge is 2.33. The number of unbranched alkanes of at least 4 members (excludes halogenated alkanes) is 1. The quantitative estimate of drug-likeness (QED) is 0.416. The molecule has 0 aliphatic carbocycles. The van der Waals surface area contributed by atoms with E-state index in [0.29, 0.717) is 25.1 Å². The van der Waals surface area contributed by atoms with Crippen LogP contribution in [0.2, 0.25) is 0 Å². The second-order valence-electron chi connectivity index (χ2n) is 7.17. The number of carbonyl (C=O) groups excluding carboxylic acids is 2. The molecule has 0 heterocycles. The monoisotopic (exact) mass is 392 g/mol. The molecule has 0 saturated heterocycles. The molecule has 0 bridgehead atoms. The van der Waals surface area contributed by atoms with Gasteiger partial charge in [0.25, 0.3) is 0 Å². The van der Waals surface area contributed by atoms with E-state index < -0.39 is 30.0 Å². The highest BCUT2D eigenvalue weighted by Crippen LogP contribution is 2.19. The van der Waals surface area contributed by atoms with Gasteiger partial charge in [-0.2, -0.15) is 0 Å². The molecule has 6 N–H and O–H groups in total. The molecule has 3 atom stereocenters. The van der Waals surface area contributed by atoms with Crippen molar-refractivity contribution in [2.24, 2.45) is 17.4 Å². The number of rotatable bonds is 11. The van der Waals surface area contributed by atoms with Crippen molar-refractivity contribution in [3.63, 3.8) is 0 Å². The first kappa shape index (κ1) is 23.6. The predicted octanol–water partition coefficient (Wildman–Crippen LogP) is 1.09. The molecule has 8 nitrogen and oxygen atoms in total. The Morgan fingerprint density at radius 1 is 1.11 bits per heavy atom. The molecule has 28 heavy (non-hydrogen) atoms. The van der Waals surface area contributed by atoms with Gasteiger partial charge >= 0.3 is 5.97 Å². The minimum Gasteiger partial charge on any atom is -0.480 e. The van der Waals surface area contributed by atoms with E-state index >= 15 is 0 Å². The van der Waals surface area contributed by atoms with Gasteiger partial charge in [-0.1, -0.05) is 32.0 Å². The topological polar surface area (TPSA) is 139 Å². The van der Waals surface area contributed by atoms with Gasteiger partial charge in [0.05, 0.1) is 6.04 Å². The number of carbonyl (C=O) groups is 3. The fourth-order valence-corrected chi connectivity index (χ4v) is 2.74. The molecule has 1 rings (SSSR count). The fourth-order valence-electron chi connectivity index (χ4n) is 2.74. The molecular formula is C20H32N4O4. The van der Waals surface area contributed by atoms with Crippen LogP contribution < -0.4 is 21.7 Å². The van der Waals surface area contributed by atoms with Crippen molar-refractivity contribution < 1.29 is 19.5 Å². The zero-order valence-corrected chi connectivity index (χ0v) is 16.8. The van der Waals surface area contributed by atoms with Crippen molar-refractivity contribution in [3.8, 4) is 0 Å². The summed E-state index contributed by atoms with van der Waals surface area (Å²) >= 11 is 0. The highest BCUT2D eigenvalue weighted by atomic mass is 16.4. The number of carboxylic acids is 1. The van der Waals surface area contributed by atoms with Gasteiger partial charge in [0.1, 0.15) is 12.1 Å². The minimum absolute atomic E-state index is 0.114. The minimum atomic E-state index is -1.12. The third-order valence-corrected chi connectivity index (χ3v) is 4.60. The summed E-state index contributed by atoms with van der Waals surface area (Å²) in [6.07, 6.45) is 1.53. The normalized spacial score (nSPS) is 14.2. The number of nitrogens with zero attached hydrogens (tertiary/aromatic N) is 1. The summed E-state index contributed by atoms with van der Waals surface area (Å²) in [5, 5.41) is 11.9. The third kappa shape index (κ3) is 6.61. The molecule has 0 saturated carbocycles. The smallest absolute Gasteiger partial charge is 0.326 e. The SMILES string of the molecule is CC(C)[C@H](N)C(=O)N(c1ccccc1)[C@@H](C)C(=O)N[C@@H](CCCCN)C(=O)O. The Bertz CT molecular complexity index is 651. The summed E-state index contributed by atoms with van der Waals surface area (Å²) in [5.74, 6) is -2.17. The van der Waals surface area contributed by atoms with Crippen LogP contribution in [0.1, 0.15) is 40.0 Å². The van der Waals surface area contributed by atoms with Crippen molar-refractivity contribution in [2.75, 3.05) is 11.4 Å². The average Bonchev–Trinajstić information content (AvgIpc) is 2.67. The summed E-state index contributed by atoms with van der Waals surface area (Å²) in [5.41, 5.74) is 12.0. The van der Waals surface area contributed by atoms with E-state index in [4.69, 9.17) is 11.5 Å². The number of aliphatic carboxylic acids is 1. The summed E-state index contributed by atoms with van der Waals surface area (Å²) in [4.78, 5) is 38.5. The summed E-state index contributed by atoms with van der Waals surface area (Å²) in [6.45, 7) is 5.68. The lowest BCUT2D eigenvalue weighted by molar-refractivity contribution is -0.142. The second-order valence-corrected chi connectivity index (χ2v) is 7.17. The number of nitrogens with one attached hydrogen (secondary N) is 1. The fraction of sp³-hybridized carbons (Fsp3) is 0.550. The number of carboxylic acid groups (broad SMARTS) is 1. The zero-order chi connectivity index (χ0) is 21.3. The van der Waals surface area contributed by atoms with Crippen LogP contribution in [0.5, 0.6) is 0 Å². The molecule has 0 radical (unpaired) electrons. The maximum absolute atomic E-state index is 13.0. The maximum atomic E-state index is 13.0. The number of hydrogen-bond donors (Lipinski definition) is 4. The molecule has 1 aromatic rings. The van der Waals surface area contributed by atoms with Crippen molar-refractivity contribution in [3.05, 3.63) is 30.3 Å². The first-order valence-electron chi connectivity index (χ1n) is 9.57. The van der Waals surface area contributed by atoms with Gasteiger partial charge in [0.2, 0.25) is 11.8 Å². The van der Waals surface area contributed by atoms with Crippen LogP contribution in [0.15, 0.2) is 30.3 Å². The molecule has 0 fully saturated rings. The van der Waals surface area contributed by atoms with Gasteiger partial charge < -0.3 is 21.9 Å². The molecule has 0 aromatic heterocycles. The Kier molecular flexibility index (Phi) is 9.61. The summed E-state index contributed by atoms with van der Waals surface area (Å²) in [7, 11) is 0. The number of hydrogen-bond acceptors (Lipinski definition) is 5.